The number of hydrogen-bond donors (Lipinski definition) is 1. The van der Waals surface area contributed by atoms with Crippen LogP contribution in [0.25, 0.3) is 0 Å². The summed E-state index contributed by atoms with van der Waals surface area (Å²) in [6, 6.07) is 11.0. The van der Waals surface area contributed by atoms with Crippen LogP contribution in [-0.2, 0) is 0 Å². The second-order valence-corrected chi connectivity index (χ2v) is 3.73. The predicted molar refractivity (Wildman–Crippen MR) is 64.0 cm³/mol. The smallest absolute Gasteiger partial charge is 0.130 e. The maximum atomic E-state index is 6.02. The van der Waals surface area contributed by atoms with Crippen molar-refractivity contribution in [2.75, 3.05) is 5.32 Å². The molecule has 0 aliphatic heterocycles. The van der Waals surface area contributed by atoms with Crippen LogP contribution in [-0.4, -0.2) is 4.98 Å². The van der Waals surface area contributed by atoms with Crippen LogP contribution >= 0.6 is 23.2 Å². The molecule has 0 radical (unpaired) electrons. The third-order valence-electron chi connectivity index (χ3n) is 1.88. The van der Waals surface area contributed by atoms with Crippen molar-refractivity contribution in [3.05, 3.63) is 52.6 Å². The molecule has 4 heteroatoms. The van der Waals surface area contributed by atoms with E-state index in [0.29, 0.717) is 10.0 Å². The number of hydrogen-bond acceptors (Lipinski definition) is 2. The molecule has 1 N–H and O–H groups in total. The molecule has 0 atom stereocenters. The minimum absolute atomic E-state index is 0.504. The summed E-state index contributed by atoms with van der Waals surface area (Å²) in [6.45, 7) is 0. The fourth-order valence-electron chi connectivity index (χ4n) is 1.18. The van der Waals surface area contributed by atoms with Crippen molar-refractivity contribution in [2.24, 2.45) is 0 Å². The van der Waals surface area contributed by atoms with Crippen LogP contribution in [0, 0.1) is 0 Å². The average Bonchev–Trinajstić information content (AvgIpc) is 2.26. The van der Waals surface area contributed by atoms with Crippen molar-refractivity contribution >= 4 is 34.7 Å². The highest BCUT2D eigenvalue weighted by Crippen LogP contribution is 2.30. The van der Waals surface area contributed by atoms with Gasteiger partial charge in [-0.15, -0.1) is 0 Å². The van der Waals surface area contributed by atoms with Gasteiger partial charge < -0.3 is 5.32 Å². The van der Waals surface area contributed by atoms with Gasteiger partial charge in [0.05, 0.1) is 15.7 Å². The van der Waals surface area contributed by atoms with Crippen LogP contribution < -0.4 is 5.32 Å². The van der Waals surface area contributed by atoms with Gasteiger partial charge in [0.2, 0.25) is 0 Å². The van der Waals surface area contributed by atoms with Gasteiger partial charge in [-0.2, -0.15) is 0 Å². The Balaban J connectivity index is 2.29. The first-order chi connectivity index (χ1) is 7.27. The molecule has 0 bridgehead atoms. The molecular weight excluding hydrogens is 231 g/mol. The normalized spacial score (nSPS) is 10.0. The molecule has 15 heavy (non-hydrogen) atoms. The van der Waals surface area contributed by atoms with Crippen LogP contribution in [0.15, 0.2) is 42.6 Å². The van der Waals surface area contributed by atoms with E-state index >= 15 is 0 Å². The Morgan fingerprint density at radius 1 is 1.00 bits per heavy atom. The molecule has 0 amide bonds. The van der Waals surface area contributed by atoms with Crippen LogP contribution in [0.4, 0.5) is 11.5 Å². The lowest BCUT2D eigenvalue weighted by atomic mass is 10.3. The lowest BCUT2D eigenvalue weighted by Crippen LogP contribution is -1.93. The number of rotatable bonds is 2. The van der Waals surface area contributed by atoms with Gasteiger partial charge >= 0.3 is 0 Å². The number of pyridine rings is 1. The van der Waals surface area contributed by atoms with Gasteiger partial charge in [-0.3, -0.25) is 0 Å². The first-order valence-electron chi connectivity index (χ1n) is 4.39. The summed E-state index contributed by atoms with van der Waals surface area (Å²) in [5, 5.41) is 4.12. The van der Waals surface area contributed by atoms with Gasteiger partial charge in [-0.25, -0.2) is 4.98 Å². The van der Waals surface area contributed by atoms with Crippen LogP contribution in [0.5, 0.6) is 0 Å². The van der Waals surface area contributed by atoms with Crippen molar-refractivity contribution < 1.29 is 0 Å². The summed E-state index contributed by atoms with van der Waals surface area (Å²) < 4.78 is 0. The Hall–Kier alpha value is -1.25. The molecule has 0 unspecified atom stereocenters. The Bertz CT molecular complexity index is 457. The van der Waals surface area contributed by atoms with Gasteiger partial charge in [-0.05, 0) is 24.3 Å². The van der Waals surface area contributed by atoms with E-state index < -0.39 is 0 Å². The van der Waals surface area contributed by atoms with Gasteiger partial charge in [-0.1, -0.05) is 35.3 Å². The number of benzene rings is 1. The molecular formula is C11H8Cl2N2. The Morgan fingerprint density at radius 3 is 2.60 bits per heavy atom. The lowest BCUT2D eigenvalue weighted by Gasteiger charge is -2.07. The second kappa shape index (κ2) is 4.51. The van der Waals surface area contributed by atoms with Crippen molar-refractivity contribution in [2.45, 2.75) is 0 Å². The molecule has 0 aliphatic carbocycles. The standard InChI is InChI=1S/C11H8Cl2N2/c12-8-4-3-5-9(11(8)13)15-10-6-1-2-7-14-10/h1-7H,(H,14,15). The second-order valence-electron chi connectivity index (χ2n) is 2.94. The largest absolute Gasteiger partial charge is 0.339 e. The highest BCUT2D eigenvalue weighted by atomic mass is 35.5. The number of nitrogens with zero attached hydrogens (tertiary/aromatic N) is 1. The van der Waals surface area contributed by atoms with E-state index in [9.17, 15) is 0 Å². The zero-order valence-electron chi connectivity index (χ0n) is 7.74. The fourth-order valence-corrected chi connectivity index (χ4v) is 1.52. The van der Waals surface area contributed by atoms with E-state index in [-0.39, 0.29) is 0 Å². The van der Waals surface area contributed by atoms with Gasteiger partial charge in [0.1, 0.15) is 5.82 Å². The first kappa shape index (κ1) is 10.3. The number of nitrogens with one attached hydrogen (secondary N) is 1. The molecule has 2 aromatic rings. The third kappa shape index (κ3) is 2.41. The van der Waals surface area contributed by atoms with Crippen LogP contribution in [0.3, 0.4) is 0 Å². The van der Waals surface area contributed by atoms with Crippen molar-refractivity contribution in [1.29, 1.82) is 0 Å². The summed E-state index contributed by atoms with van der Waals surface area (Å²) in [6.07, 6.45) is 1.71. The molecule has 2 rings (SSSR count). The summed E-state index contributed by atoms with van der Waals surface area (Å²) in [5.41, 5.74) is 0.753. The average molecular weight is 239 g/mol. The molecule has 0 spiro atoms. The molecule has 1 aromatic carbocycles. The number of aromatic nitrogens is 1. The molecule has 0 aliphatic rings. The molecule has 0 saturated carbocycles. The topological polar surface area (TPSA) is 24.9 Å². The highest BCUT2D eigenvalue weighted by molar-refractivity contribution is 6.43. The summed E-state index contributed by atoms with van der Waals surface area (Å²) in [5.74, 6) is 0.738. The van der Waals surface area contributed by atoms with E-state index in [1.807, 2.05) is 30.3 Å². The lowest BCUT2D eigenvalue weighted by molar-refractivity contribution is 1.31. The maximum Gasteiger partial charge on any atom is 0.130 e. The Labute approximate surface area is 97.9 Å². The van der Waals surface area contributed by atoms with E-state index in [0.717, 1.165) is 11.5 Å². The van der Waals surface area contributed by atoms with Crippen molar-refractivity contribution in [1.82, 2.24) is 4.98 Å². The monoisotopic (exact) mass is 238 g/mol. The quantitative estimate of drug-likeness (QED) is 0.852. The van der Waals surface area contributed by atoms with Gasteiger partial charge in [0, 0.05) is 6.20 Å². The molecule has 76 valence electrons. The number of anilines is 2. The number of halogens is 2. The van der Waals surface area contributed by atoms with Crippen molar-refractivity contribution in [3.63, 3.8) is 0 Å². The van der Waals surface area contributed by atoms with E-state index in [1.165, 1.54) is 0 Å². The summed E-state index contributed by atoms with van der Waals surface area (Å²) in [4.78, 5) is 4.13. The predicted octanol–water partition coefficient (Wildman–Crippen LogP) is 4.13. The zero-order chi connectivity index (χ0) is 10.7. The third-order valence-corrected chi connectivity index (χ3v) is 2.70. The van der Waals surface area contributed by atoms with Crippen LogP contribution in [0.2, 0.25) is 10.0 Å². The van der Waals surface area contributed by atoms with Crippen molar-refractivity contribution in [3.8, 4) is 0 Å². The fraction of sp³-hybridized carbons (Fsp3) is 0. The van der Waals surface area contributed by atoms with Gasteiger partial charge in [0.15, 0.2) is 0 Å². The summed E-state index contributed by atoms with van der Waals surface area (Å²) in [7, 11) is 0. The zero-order valence-corrected chi connectivity index (χ0v) is 9.26. The van der Waals surface area contributed by atoms with E-state index in [4.69, 9.17) is 23.2 Å². The van der Waals surface area contributed by atoms with E-state index in [1.54, 1.807) is 12.3 Å². The highest BCUT2D eigenvalue weighted by Gasteiger charge is 2.03. The maximum absolute atomic E-state index is 6.02. The molecule has 0 fully saturated rings. The van der Waals surface area contributed by atoms with Crippen LogP contribution in [0.1, 0.15) is 0 Å². The Kier molecular flexibility index (Phi) is 3.09. The summed E-state index contributed by atoms with van der Waals surface area (Å²) >= 11 is 11.9. The first-order valence-corrected chi connectivity index (χ1v) is 5.15. The molecule has 2 nitrogen and oxygen atoms in total. The molecule has 1 aromatic heterocycles. The molecule has 0 saturated heterocycles. The Morgan fingerprint density at radius 2 is 1.87 bits per heavy atom. The molecule has 1 heterocycles. The van der Waals surface area contributed by atoms with E-state index in [2.05, 4.69) is 10.3 Å². The minimum atomic E-state index is 0.504. The SMILES string of the molecule is Clc1cccc(Nc2ccccn2)c1Cl. The minimum Gasteiger partial charge on any atom is -0.339 e. The van der Waals surface area contributed by atoms with Gasteiger partial charge in [0.25, 0.3) is 0 Å².